The molecule has 144 valence electrons. The van der Waals surface area contributed by atoms with Crippen molar-refractivity contribution in [1.82, 2.24) is 20.1 Å². The first-order valence-corrected chi connectivity index (χ1v) is 9.94. The van der Waals surface area contributed by atoms with Crippen LogP contribution < -0.4 is 10.6 Å². The molecule has 27 heavy (non-hydrogen) atoms. The third-order valence-corrected chi connectivity index (χ3v) is 5.56. The minimum atomic E-state index is -0.203. The van der Waals surface area contributed by atoms with E-state index in [0.29, 0.717) is 36.8 Å². The Morgan fingerprint density at radius 1 is 1.19 bits per heavy atom. The van der Waals surface area contributed by atoms with Gasteiger partial charge in [-0.1, -0.05) is 6.07 Å². The van der Waals surface area contributed by atoms with Crippen LogP contribution >= 0.6 is 11.3 Å². The number of nitrogens with one attached hydrogen (secondary N) is 2. The summed E-state index contributed by atoms with van der Waals surface area (Å²) in [4.78, 5) is 39.4. The van der Waals surface area contributed by atoms with Crippen LogP contribution in [0.3, 0.4) is 0 Å². The molecule has 2 N–H and O–H groups in total. The summed E-state index contributed by atoms with van der Waals surface area (Å²) in [5, 5.41) is 7.54. The molecule has 3 amide bonds. The van der Waals surface area contributed by atoms with Crippen molar-refractivity contribution < 1.29 is 14.4 Å². The summed E-state index contributed by atoms with van der Waals surface area (Å²) >= 11 is 1.42. The first kappa shape index (κ1) is 19.2. The molecule has 1 saturated heterocycles. The molecule has 2 aromatic heterocycles. The first-order chi connectivity index (χ1) is 13.1. The molecule has 1 fully saturated rings. The van der Waals surface area contributed by atoms with Gasteiger partial charge in [0.1, 0.15) is 5.69 Å². The molecule has 1 aliphatic heterocycles. The molecule has 0 bridgehead atoms. The first-order valence-electron chi connectivity index (χ1n) is 9.06. The molecule has 0 unspecified atom stereocenters. The molecular weight excluding hydrogens is 364 g/mol. The fraction of sp³-hybridized carbons (Fsp3) is 0.421. The van der Waals surface area contributed by atoms with Gasteiger partial charge in [-0.15, -0.1) is 11.3 Å². The van der Waals surface area contributed by atoms with Crippen LogP contribution in [0.1, 0.15) is 33.0 Å². The Bertz CT molecular complexity index is 800. The normalized spacial score (nSPS) is 16.8. The van der Waals surface area contributed by atoms with Gasteiger partial charge in [-0.2, -0.15) is 0 Å². The molecule has 0 aromatic carbocycles. The van der Waals surface area contributed by atoms with Crippen molar-refractivity contribution in [3.05, 3.63) is 46.4 Å². The third kappa shape index (κ3) is 4.77. The van der Waals surface area contributed by atoms with E-state index in [1.54, 1.807) is 15.5 Å². The lowest BCUT2D eigenvalue weighted by Crippen LogP contribution is -2.46. The molecule has 0 spiro atoms. The van der Waals surface area contributed by atoms with Crippen LogP contribution in [0.15, 0.2) is 35.8 Å². The highest BCUT2D eigenvalue weighted by molar-refractivity contribution is 7.12. The number of hydrogen-bond acceptors (Lipinski definition) is 4. The van der Waals surface area contributed by atoms with Gasteiger partial charge in [0.2, 0.25) is 5.91 Å². The smallest absolute Gasteiger partial charge is 0.267 e. The largest absolute Gasteiger partial charge is 0.354 e. The van der Waals surface area contributed by atoms with Crippen molar-refractivity contribution in [2.75, 3.05) is 26.2 Å². The summed E-state index contributed by atoms with van der Waals surface area (Å²) in [7, 11) is 1.81. The van der Waals surface area contributed by atoms with Gasteiger partial charge in [0.25, 0.3) is 11.8 Å². The Morgan fingerprint density at radius 3 is 2.70 bits per heavy atom. The number of thiophene rings is 1. The quantitative estimate of drug-likeness (QED) is 0.736. The number of aryl methyl sites for hydroxylation is 1. The zero-order valence-corrected chi connectivity index (χ0v) is 16.1. The maximum Gasteiger partial charge on any atom is 0.267 e. The highest BCUT2D eigenvalue weighted by Crippen LogP contribution is 2.20. The number of nitrogens with zero attached hydrogens (tertiary/aromatic N) is 2. The molecule has 3 rings (SSSR count). The van der Waals surface area contributed by atoms with E-state index in [-0.39, 0.29) is 23.6 Å². The van der Waals surface area contributed by atoms with Crippen molar-refractivity contribution in [1.29, 1.82) is 0 Å². The third-order valence-electron chi connectivity index (χ3n) is 4.70. The number of amides is 3. The lowest BCUT2D eigenvalue weighted by atomic mass is 9.97. The number of carbonyl (C=O) groups is 3. The summed E-state index contributed by atoms with van der Waals surface area (Å²) in [6.45, 7) is 1.86. The second-order valence-electron chi connectivity index (χ2n) is 6.62. The van der Waals surface area contributed by atoms with Crippen molar-refractivity contribution in [3.8, 4) is 0 Å². The Hall–Kier alpha value is -2.61. The summed E-state index contributed by atoms with van der Waals surface area (Å²) in [6, 6.07) is 7.22. The summed E-state index contributed by atoms with van der Waals surface area (Å²) in [5.41, 5.74) is 0.580. The molecular formula is C19H24N4O3S. The highest BCUT2D eigenvalue weighted by atomic mass is 32.1. The minimum Gasteiger partial charge on any atom is -0.354 e. The minimum absolute atomic E-state index is 0.00247. The van der Waals surface area contributed by atoms with E-state index in [4.69, 9.17) is 0 Å². The van der Waals surface area contributed by atoms with Crippen LogP contribution in [0.25, 0.3) is 0 Å². The van der Waals surface area contributed by atoms with E-state index in [1.807, 2.05) is 36.8 Å². The van der Waals surface area contributed by atoms with E-state index in [9.17, 15) is 14.4 Å². The van der Waals surface area contributed by atoms with Gasteiger partial charge in [-0.25, -0.2) is 0 Å². The van der Waals surface area contributed by atoms with Crippen LogP contribution in [0, 0.1) is 5.92 Å². The van der Waals surface area contributed by atoms with Crippen LogP contribution in [0.4, 0.5) is 0 Å². The van der Waals surface area contributed by atoms with Crippen molar-refractivity contribution in [2.24, 2.45) is 13.0 Å². The van der Waals surface area contributed by atoms with Gasteiger partial charge in [0.15, 0.2) is 0 Å². The number of aromatic nitrogens is 1. The Kier molecular flexibility index (Phi) is 6.28. The molecule has 1 aliphatic rings. The summed E-state index contributed by atoms with van der Waals surface area (Å²) < 4.78 is 1.75. The lowest BCUT2D eigenvalue weighted by Gasteiger charge is -2.31. The summed E-state index contributed by atoms with van der Waals surface area (Å²) in [6.07, 6.45) is 3.40. The maximum absolute atomic E-state index is 12.5. The molecule has 0 aliphatic carbocycles. The van der Waals surface area contributed by atoms with Gasteiger partial charge < -0.3 is 20.1 Å². The molecule has 0 radical (unpaired) electrons. The average Bonchev–Trinajstić information content (AvgIpc) is 3.36. The van der Waals surface area contributed by atoms with Crippen LogP contribution in [0.5, 0.6) is 0 Å². The number of likely N-dealkylation sites (tertiary alicyclic amines) is 1. The number of hydrogen-bond donors (Lipinski definition) is 2. The number of piperidine rings is 1. The summed E-state index contributed by atoms with van der Waals surface area (Å²) in [5.74, 6) is -0.433. The van der Waals surface area contributed by atoms with Crippen molar-refractivity contribution in [3.63, 3.8) is 0 Å². The molecule has 1 atom stereocenters. The SMILES string of the molecule is Cn1cccc1C(=O)NCCNC(=O)[C@H]1CCCN(C(=O)c2cccs2)C1. The second kappa shape index (κ2) is 8.85. The predicted molar refractivity (Wildman–Crippen MR) is 104 cm³/mol. The molecule has 3 heterocycles. The Balaban J connectivity index is 1.42. The van der Waals surface area contributed by atoms with E-state index < -0.39 is 0 Å². The fourth-order valence-electron chi connectivity index (χ4n) is 3.23. The van der Waals surface area contributed by atoms with E-state index in [0.717, 1.165) is 12.8 Å². The second-order valence-corrected chi connectivity index (χ2v) is 7.57. The van der Waals surface area contributed by atoms with Gasteiger partial charge in [0.05, 0.1) is 10.8 Å². The molecule has 2 aromatic rings. The Labute approximate surface area is 162 Å². The Morgan fingerprint density at radius 2 is 2.00 bits per heavy atom. The van der Waals surface area contributed by atoms with E-state index in [2.05, 4.69) is 10.6 Å². The molecule has 7 nitrogen and oxygen atoms in total. The van der Waals surface area contributed by atoms with Gasteiger partial charge in [0, 0.05) is 39.4 Å². The lowest BCUT2D eigenvalue weighted by molar-refractivity contribution is -0.126. The monoisotopic (exact) mass is 388 g/mol. The fourth-order valence-corrected chi connectivity index (χ4v) is 3.92. The zero-order chi connectivity index (χ0) is 19.2. The predicted octanol–water partition coefficient (Wildman–Crippen LogP) is 1.48. The topological polar surface area (TPSA) is 83.4 Å². The number of rotatable bonds is 6. The molecule has 0 saturated carbocycles. The molecule has 8 heteroatoms. The van der Waals surface area contributed by atoms with Gasteiger partial charge in [-0.05, 0) is 36.4 Å². The van der Waals surface area contributed by atoms with Crippen LogP contribution in [-0.2, 0) is 11.8 Å². The van der Waals surface area contributed by atoms with Crippen molar-refractivity contribution in [2.45, 2.75) is 12.8 Å². The van der Waals surface area contributed by atoms with Gasteiger partial charge >= 0.3 is 0 Å². The van der Waals surface area contributed by atoms with Crippen LogP contribution in [-0.4, -0.2) is 53.4 Å². The maximum atomic E-state index is 12.5. The van der Waals surface area contributed by atoms with Crippen LogP contribution in [0.2, 0.25) is 0 Å². The van der Waals surface area contributed by atoms with E-state index in [1.165, 1.54) is 11.3 Å². The van der Waals surface area contributed by atoms with Crippen molar-refractivity contribution >= 4 is 29.1 Å². The number of carbonyl (C=O) groups excluding carboxylic acids is 3. The zero-order valence-electron chi connectivity index (χ0n) is 15.3. The highest BCUT2D eigenvalue weighted by Gasteiger charge is 2.29. The average molecular weight is 388 g/mol. The van der Waals surface area contributed by atoms with E-state index >= 15 is 0 Å². The van der Waals surface area contributed by atoms with Gasteiger partial charge in [-0.3, -0.25) is 14.4 Å². The standard InChI is InChI=1S/C19H24N4O3S/c1-22-10-3-6-15(22)18(25)21-9-8-20-17(24)14-5-2-11-23(13-14)19(26)16-7-4-12-27-16/h3-4,6-7,10,12,14H,2,5,8-9,11,13H2,1H3,(H,20,24)(H,21,25)/t14-/m0/s1.